The number of fused-ring (bicyclic) bond motifs is 2. The number of hydrogen-bond acceptors (Lipinski definition) is 6. The number of esters is 2. The molecule has 1 aliphatic carbocycles. The first-order valence-electron chi connectivity index (χ1n) is 11.9. The first-order chi connectivity index (χ1) is 17.7. The zero-order valence-electron chi connectivity index (χ0n) is 22.2. The molecular weight excluding hydrogens is 504 g/mol. The molecule has 4 rings (SSSR count). The Hall–Kier alpha value is -4.10. The van der Waals surface area contributed by atoms with Crippen molar-refractivity contribution in [2.24, 2.45) is 0 Å². The van der Waals surface area contributed by atoms with Gasteiger partial charge < -0.3 is 31.2 Å². The maximum atomic E-state index is 13.2. The molecule has 0 fully saturated rings. The summed E-state index contributed by atoms with van der Waals surface area (Å²) in [6, 6.07) is 19.4. The Kier molecular flexibility index (Phi) is 8.96. The maximum absolute atomic E-state index is 13.2. The van der Waals surface area contributed by atoms with E-state index in [9.17, 15) is 9.59 Å². The van der Waals surface area contributed by atoms with Gasteiger partial charge in [-0.3, -0.25) is 0 Å². The number of nitrogens with zero attached hydrogens (tertiary/aromatic N) is 2. The molecule has 8 heteroatoms. The van der Waals surface area contributed by atoms with Gasteiger partial charge in [-0.15, -0.1) is 0 Å². The van der Waals surface area contributed by atoms with Gasteiger partial charge >= 0.3 is 11.9 Å². The summed E-state index contributed by atoms with van der Waals surface area (Å²) in [5, 5.41) is 1.88. The molecule has 2 aliphatic rings. The molecule has 0 amide bonds. The molecule has 2 aromatic carbocycles. The predicted molar refractivity (Wildman–Crippen MR) is 146 cm³/mol. The van der Waals surface area contributed by atoms with Crippen molar-refractivity contribution in [1.82, 2.24) is 4.58 Å². The van der Waals surface area contributed by atoms with Gasteiger partial charge in [-0.05, 0) is 36.8 Å². The van der Waals surface area contributed by atoms with Crippen molar-refractivity contribution >= 4 is 28.6 Å². The lowest BCUT2D eigenvalue weighted by Crippen LogP contribution is -3.00. The molecule has 0 spiro atoms. The summed E-state index contributed by atoms with van der Waals surface area (Å²) >= 11 is 0. The molecule has 7 nitrogen and oxygen atoms in total. The minimum absolute atomic E-state index is 0. The topological polar surface area (TPSA) is 72.0 Å². The van der Waals surface area contributed by atoms with Crippen LogP contribution >= 0.6 is 0 Å². The number of carbonyl (C=O) groups excluding carboxylic acids is 2. The third-order valence-corrected chi connectivity index (χ3v) is 6.04. The molecule has 0 bridgehead atoms. The Labute approximate surface area is 228 Å². The smallest absolute Gasteiger partial charge is 0.338 e. The highest BCUT2D eigenvalue weighted by Gasteiger charge is 2.23. The van der Waals surface area contributed by atoms with Gasteiger partial charge in [0.15, 0.2) is 0 Å². The van der Waals surface area contributed by atoms with Gasteiger partial charge in [-0.1, -0.05) is 24.8 Å². The minimum atomic E-state index is -0.517. The second-order valence-corrected chi connectivity index (χ2v) is 9.22. The van der Waals surface area contributed by atoms with Crippen molar-refractivity contribution < 1.29 is 35.9 Å². The van der Waals surface area contributed by atoms with Crippen molar-refractivity contribution in [3.8, 4) is 22.5 Å². The first kappa shape index (κ1) is 28.5. The molecule has 0 N–H and O–H groups in total. The van der Waals surface area contributed by atoms with Crippen LogP contribution in [0.2, 0.25) is 0 Å². The van der Waals surface area contributed by atoms with Crippen LogP contribution in [-0.2, 0) is 14.3 Å². The van der Waals surface area contributed by atoms with Crippen LogP contribution in [0.1, 0.15) is 17.3 Å². The summed E-state index contributed by atoms with van der Waals surface area (Å²) in [4.78, 5) is 26.8. The van der Waals surface area contributed by atoms with E-state index < -0.39 is 11.9 Å². The molecule has 0 unspecified atom stereocenters. The lowest BCUT2D eigenvalue weighted by Gasteiger charge is -2.19. The highest BCUT2D eigenvalue weighted by Crippen LogP contribution is 2.42. The average Bonchev–Trinajstić information content (AvgIpc) is 2.88. The van der Waals surface area contributed by atoms with Crippen molar-refractivity contribution in [3.63, 3.8) is 0 Å². The molecule has 38 heavy (non-hydrogen) atoms. The quantitative estimate of drug-likeness (QED) is 0.118. The summed E-state index contributed by atoms with van der Waals surface area (Å²) in [6.45, 7) is 5.01. The molecular formula is C30H31ClN2O5. The molecule has 0 aromatic heterocycles. The Morgan fingerprint density at radius 3 is 2.34 bits per heavy atom. The average molecular weight is 535 g/mol. The van der Waals surface area contributed by atoms with Gasteiger partial charge in [-0.2, -0.15) is 0 Å². The Morgan fingerprint density at radius 2 is 1.66 bits per heavy atom. The summed E-state index contributed by atoms with van der Waals surface area (Å²) in [7, 11) is 7.91. The maximum Gasteiger partial charge on any atom is 0.338 e. The predicted octanol–water partition coefficient (Wildman–Crippen LogP) is 1.58. The van der Waals surface area contributed by atoms with Crippen molar-refractivity contribution in [2.75, 3.05) is 46.3 Å². The number of rotatable bonds is 7. The number of benzene rings is 3. The van der Waals surface area contributed by atoms with Crippen LogP contribution in [0.5, 0.6) is 0 Å². The van der Waals surface area contributed by atoms with Crippen LogP contribution in [0.15, 0.2) is 77.2 Å². The third kappa shape index (κ3) is 5.89. The van der Waals surface area contributed by atoms with E-state index in [4.69, 9.17) is 13.9 Å². The normalized spacial score (nSPS) is 10.6. The number of halogens is 1. The van der Waals surface area contributed by atoms with Gasteiger partial charge in [0.2, 0.25) is 5.36 Å². The van der Waals surface area contributed by atoms with E-state index in [0.29, 0.717) is 22.5 Å². The van der Waals surface area contributed by atoms with E-state index in [1.807, 2.05) is 86.2 Å². The number of hydrogen-bond donors (Lipinski definition) is 0. The monoisotopic (exact) mass is 534 g/mol. The summed E-state index contributed by atoms with van der Waals surface area (Å²) in [6.07, 6.45) is 0. The van der Waals surface area contributed by atoms with Crippen LogP contribution in [0.3, 0.4) is 0 Å². The zero-order chi connectivity index (χ0) is 26.7. The Balaban J connectivity index is 0.00000400. The molecule has 1 heterocycles. The second kappa shape index (κ2) is 12.0. The fourth-order valence-electron chi connectivity index (χ4n) is 4.06. The SMILES string of the molecule is C=C(C)C(=O)OCCOC(=O)c1ccccc1-c1c2ccc(=[N+](C)C)cc-2oc2cc(N(C)C)ccc12.[Cl-]. The lowest BCUT2D eigenvalue weighted by molar-refractivity contribution is -0.140. The van der Waals surface area contributed by atoms with Crippen LogP contribution in [0.4, 0.5) is 5.69 Å². The summed E-state index contributed by atoms with van der Waals surface area (Å²) < 4.78 is 18.9. The van der Waals surface area contributed by atoms with Crippen LogP contribution in [-0.4, -0.2) is 53.3 Å². The van der Waals surface area contributed by atoms with E-state index in [0.717, 1.165) is 33.1 Å². The summed E-state index contributed by atoms with van der Waals surface area (Å²) in [5.74, 6) is -0.310. The minimum Gasteiger partial charge on any atom is -1.00 e. The van der Waals surface area contributed by atoms with Crippen molar-refractivity contribution in [2.45, 2.75) is 6.92 Å². The number of anilines is 1. The zero-order valence-corrected chi connectivity index (χ0v) is 23.0. The molecule has 198 valence electrons. The van der Waals surface area contributed by atoms with E-state index in [1.54, 1.807) is 19.1 Å². The standard InChI is InChI=1S/C30H31N2O5.ClH/c1-19(2)29(33)35-15-16-36-30(34)23-10-8-7-9-22(23)28-24-13-11-20(31(3)4)17-26(24)37-27-18-21(32(5)6)12-14-25(27)28;/h7-14,17-18H,1,15-16H2,2-6H3;1H/q+1;/p-1. The van der Waals surface area contributed by atoms with Gasteiger partial charge in [0.25, 0.3) is 0 Å². The van der Waals surface area contributed by atoms with Crippen LogP contribution in [0, 0.1) is 0 Å². The molecule has 0 saturated heterocycles. The fourth-order valence-corrected chi connectivity index (χ4v) is 4.06. The summed E-state index contributed by atoms with van der Waals surface area (Å²) in [5.41, 5.74) is 4.91. The molecule has 1 aliphatic heterocycles. The van der Waals surface area contributed by atoms with Crippen LogP contribution in [0.25, 0.3) is 33.4 Å². The molecule has 2 aromatic rings. The largest absolute Gasteiger partial charge is 1.00 e. The van der Waals surface area contributed by atoms with Gasteiger partial charge in [0.1, 0.15) is 38.7 Å². The highest BCUT2D eigenvalue weighted by molar-refractivity contribution is 6.08. The Bertz CT molecular complexity index is 1550. The highest BCUT2D eigenvalue weighted by atomic mass is 35.5. The first-order valence-corrected chi connectivity index (χ1v) is 11.9. The van der Waals surface area contributed by atoms with E-state index >= 15 is 0 Å². The van der Waals surface area contributed by atoms with E-state index in [1.165, 1.54) is 0 Å². The van der Waals surface area contributed by atoms with Crippen molar-refractivity contribution in [3.05, 3.63) is 83.7 Å². The van der Waals surface area contributed by atoms with Gasteiger partial charge in [-0.25, -0.2) is 14.2 Å². The molecule has 0 saturated carbocycles. The molecule has 0 radical (unpaired) electrons. The molecule has 0 atom stereocenters. The van der Waals surface area contributed by atoms with Crippen molar-refractivity contribution in [1.29, 1.82) is 0 Å². The second-order valence-electron chi connectivity index (χ2n) is 9.22. The van der Waals surface area contributed by atoms with E-state index in [-0.39, 0.29) is 25.6 Å². The Morgan fingerprint density at radius 1 is 0.947 bits per heavy atom. The third-order valence-electron chi connectivity index (χ3n) is 6.04. The van der Waals surface area contributed by atoms with E-state index in [2.05, 4.69) is 6.58 Å². The van der Waals surface area contributed by atoms with Gasteiger partial charge in [0, 0.05) is 54.0 Å². The number of carbonyl (C=O) groups is 2. The fraction of sp³-hybridized carbons (Fsp3) is 0.233. The van der Waals surface area contributed by atoms with Crippen LogP contribution < -0.4 is 27.2 Å². The van der Waals surface area contributed by atoms with Gasteiger partial charge in [0.05, 0.1) is 11.6 Å². The lowest BCUT2D eigenvalue weighted by atomic mass is 9.90. The number of ether oxygens (including phenoxy) is 2.